The molecule has 1 aliphatic carbocycles. The number of aryl methyl sites for hydroxylation is 1. The highest BCUT2D eigenvalue weighted by Crippen LogP contribution is 2.30. The lowest BCUT2D eigenvalue weighted by Gasteiger charge is -2.16. The Kier molecular flexibility index (Phi) is 6.11. The number of fused-ring (bicyclic) bond motifs is 1. The number of carbonyl (C=O) groups is 1. The summed E-state index contributed by atoms with van der Waals surface area (Å²) in [5.41, 5.74) is 2.49. The topological polar surface area (TPSA) is 81.0 Å². The van der Waals surface area contributed by atoms with E-state index in [1.54, 1.807) is 14.2 Å². The first-order valence-corrected chi connectivity index (χ1v) is 12.3. The lowest BCUT2D eigenvalue weighted by Crippen LogP contribution is -2.28. The number of carbonyl (C=O) groups excluding carboxylic acids is 1. The maximum absolute atomic E-state index is 12.8. The van der Waals surface area contributed by atoms with Crippen molar-refractivity contribution in [3.05, 3.63) is 58.4 Å². The zero-order chi connectivity index (χ0) is 22.2. The Hall–Kier alpha value is -2.33. The highest BCUT2D eigenvalue weighted by atomic mass is 32.2. The Morgan fingerprint density at radius 2 is 1.94 bits per heavy atom. The van der Waals surface area contributed by atoms with Crippen molar-refractivity contribution < 1.29 is 17.9 Å². The lowest BCUT2D eigenvalue weighted by molar-refractivity contribution is 0.0997. The summed E-state index contributed by atoms with van der Waals surface area (Å²) in [7, 11) is -0.303. The lowest BCUT2D eigenvalue weighted by atomic mass is 10.2. The molecule has 1 aromatic heterocycles. The molecule has 2 aromatic carbocycles. The maximum Gasteiger partial charge on any atom is 0.279 e. The second-order valence-corrected chi connectivity index (χ2v) is 10.7. The number of hydrogen-bond acceptors (Lipinski definition) is 5. The van der Waals surface area contributed by atoms with E-state index in [2.05, 4.69) is 11.1 Å². The number of benzene rings is 2. The molecule has 0 aliphatic heterocycles. The van der Waals surface area contributed by atoms with Gasteiger partial charge in [0.05, 0.1) is 21.7 Å². The monoisotopic (exact) mass is 459 g/mol. The van der Waals surface area contributed by atoms with Crippen LogP contribution in [-0.2, 0) is 21.3 Å². The molecule has 1 fully saturated rings. The second-order valence-electron chi connectivity index (χ2n) is 7.69. The fourth-order valence-corrected chi connectivity index (χ4v) is 5.95. The molecule has 7 nitrogen and oxygen atoms in total. The highest BCUT2D eigenvalue weighted by Gasteiger charge is 2.35. The summed E-state index contributed by atoms with van der Waals surface area (Å²) in [5, 5.41) is 0. The van der Waals surface area contributed by atoms with Gasteiger partial charge in [0.2, 0.25) is 10.0 Å². The van der Waals surface area contributed by atoms with E-state index in [1.165, 1.54) is 39.9 Å². The molecule has 1 aliphatic rings. The summed E-state index contributed by atoms with van der Waals surface area (Å²) >= 11 is 1.45. The number of amides is 1. The third kappa shape index (κ3) is 4.50. The molecule has 0 bridgehead atoms. The van der Waals surface area contributed by atoms with Gasteiger partial charge in [-0.3, -0.25) is 4.79 Å². The predicted molar refractivity (Wildman–Crippen MR) is 121 cm³/mol. The first-order chi connectivity index (χ1) is 14.8. The van der Waals surface area contributed by atoms with E-state index in [0.717, 1.165) is 28.6 Å². The SMILES string of the molecule is COCCn1c(=NC(=O)c2ccc(S(=O)(=O)N(C)C3CC3)cc2)sc2cc(C)ccc21. The molecular weight excluding hydrogens is 434 g/mol. The molecule has 1 amide bonds. The average molecular weight is 460 g/mol. The van der Waals surface area contributed by atoms with Gasteiger partial charge in [-0.25, -0.2) is 8.42 Å². The van der Waals surface area contributed by atoms with E-state index in [9.17, 15) is 13.2 Å². The molecule has 4 rings (SSSR count). The summed E-state index contributed by atoms with van der Waals surface area (Å²) in [4.78, 5) is 18.0. The molecule has 0 radical (unpaired) electrons. The van der Waals surface area contributed by atoms with Gasteiger partial charge in [-0.1, -0.05) is 17.4 Å². The van der Waals surface area contributed by atoms with Gasteiger partial charge in [-0.15, -0.1) is 0 Å². The average Bonchev–Trinajstić information content (AvgIpc) is 3.54. The van der Waals surface area contributed by atoms with Crippen molar-refractivity contribution in [2.45, 2.75) is 37.2 Å². The van der Waals surface area contributed by atoms with Crippen molar-refractivity contribution in [2.75, 3.05) is 20.8 Å². The van der Waals surface area contributed by atoms with Gasteiger partial charge in [0, 0.05) is 32.3 Å². The Labute approximate surface area is 185 Å². The predicted octanol–water partition coefficient (Wildman–Crippen LogP) is 3.18. The number of rotatable bonds is 7. The van der Waals surface area contributed by atoms with E-state index in [0.29, 0.717) is 23.5 Å². The molecule has 164 valence electrons. The van der Waals surface area contributed by atoms with Crippen LogP contribution in [0, 0.1) is 6.92 Å². The number of aromatic nitrogens is 1. The first kappa shape index (κ1) is 21.9. The van der Waals surface area contributed by atoms with Crippen molar-refractivity contribution >= 4 is 37.5 Å². The van der Waals surface area contributed by atoms with Crippen LogP contribution in [0.1, 0.15) is 28.8 Å². The van der Waals surface area contributed by atoms with Gasteiger partial charge < -0.3 is 9.30 Å². The van der Waals surface area contributed by atoms with Gasteiger partial charge in [-0.05, 0) is 61.7 Å². The third-order valence-corrected chi connectivity index (χ3v) is 8.36. The number of ether oxygens (including phenoxy) is 1. The van der Waals surface area contributed by atoms with Crippen LogP contribution < -0.4 is 4.80 Å². The van der Waals surface area contributed by atoms with Gasteiger partial charge in [0.1, 0.15) is 0 Å². The Morgan fingerprint density at radius 1 is 1.23 bits per heavy atom. The minimum absolute atomic E-state index is 0.0838. The molecular formula is C22H25N3O4S2. The van der Waals surface area contributed by atoms with Crippen LogP contribution in [0.4, 0.5) is 0 Å². The van der Waals surface area contributed by atoms with Crippen LogP contribution in [0.25, 0.3) is 10.2 Å². The van der Waals surface area contributed by atoms with E-state index in [4.69, 9.17) is 4.74 Å². The normalized spacial score (nSPS) is 15.2. The van der Waals surface area contributed by atoms with Crippen molar-refractivity contribution in [1.29, 1.82) is 0 Å². The van der Waals surface area contributed by atoms with Crippen molar-refractivity contribution in [1.82, 2.24) is 8.87 Å². The molecule has 0 spiro atoms. The fourth-order valence-electron chi connectivity index (χ4n) is 3.39. The Morgan fingerprint density at radius 3 is 2.58 bits per heavy atom. The van der Waals surface area contributed by atoms with Gasteiger partial charge in [-0.2, -0.15) is 9.30 Å². The van der Waals surface area contributed by atoms with Crippen molar-refractivity contribution in [2.24, 2.45) is 4.99 Å². The standard InChI is InChI=1S/C22H25N3O4S2/c1-15-4-11-19-20(14-15)30-22(25(19)12-13-29-3)23-21(26)16-5-9-18(10-6-16)31(27,28)24(2)17-7-8-17/h4-6,9-11,14,17H,7-8,12-13H2,1-3H3. The van der Waals surface area contributed by atoms with Crippen LogP contribution in [0.3, 0.4) is 0 Å². The molecule has 3 aromatic rings. The summed E-state index contributed by atoms with van der Waals surface area (Å²) in [6, 6.07) is 12.2. The molecule has 0 saturated heterocycles. The van der Waals surface area contributed by atoms with Gasteiger partial charge in [0.25, 0.3) is 5.91 Å². The first-order valence-electron chi connectivity index (χ1n) is 10.1. The highest BCUT2D eigenvalue weighted by molar-refractivity contribution is 7.89. The molecule has 1 saturated carbocycles. The van der Waals surface area contributed by atoms with Crippen LogP contribution in [0.15, 0.2) is 52.4 Å². The molecule has 0 atom stereocenters. The summed E-state index contributed by atoms with van der Waals surface area (Å²) in [6.07, 6.45) is 1.78. The van der Waals surface area contributed by atoms with E-state index >= 15 is 0 Å². The van der Waals surface area contributed by atoms with E-state index in [-0.39, 0.29) is 10.9 Å². The Balaban J connectivity index is 1.66. The smallest absolute Gasteiger partial charge is 0.279 e. The number of thiazole rings is 1. The number of methoxy groups -OCH3 is 1. The summed E-state index contributed by atoms with van der Waals surface area (Å²) in [6.45, 7) is 3.11. The zero-order valence-electron chi connectivity index (χ0n) is 17.7. The van der Waals surface area contributed by atoms with Crippen LogP contribution in [0.2, 0.25) is 0 Å². The van der Waals surface area contributed by atoms with E-state index in [1.807, 2.05) is 23.6 Å². The molecule has 0 N–H and O–H groups in total. The zero-order valence-corrected chi connectivity index (χ0v) is 19.4. The quantitative estimate of drug-likeness (QED) is 0.543. The van der Waals surface area contributed by atoms with Crippen LogP contribution in [-0.4, -0.2) is 50.0 Å². The largest absolute Gasteiger partial charge is 0.383 e. The number of sulfonamides is 1. The maximum atomic E-state index is 12.8. The molecule has 0 unspecified atom stereocenters. The Bertz CT molecular complexity index is 1290. The van der Waals surface area contributed by atoms with Gasteiger partial charge in [0.15, 0.2) is 4.80 Å². The molecule has 1 heterocycles. The summed E-state index contributed by atoms with van der Waals surface area (Å²) < 4.78 is 35.0. The molecule has 31 heavy (non-hydrogen) atoms. The van der Waals surface area contributed by atoms with E-state index < -0.39 is 15.9 Å². The second kappa shape index (κ2) is 8.66. The molecule has 9 heteroatoms. The summed E-state index contributed by atoms with van der Waals surface area (Å²) in [5.74, 6) is -0.408. The van der Waals surface area contributed by atoms with Gasteiger partial charge >= 0.3 is 0 Å². The number of hydrogen-bond donors (Lipinski definition) is 0. The van der Waals surface area contributed by atoms with Crippen molar-refractivity contribution in [3.8, 4) is 0 Å². The minimum atomic E-state index is -3.54. The van der Waals surface area contributed by atoms with Crippen molar-refractivity contribution in [3.63, 3.8) is 0 Å². The third-order valence-electron chi connectivity index (χ3n) is 5.39. The fraction of sp³-hybridized carbons (Fsp3) is 0.364. The van der Waals surface area contributed by atoms with Crippen LogP contribution in [0.5, 0.6) is 0 Å². The van der Waals surface area contributed by atoms with Crippen LogP contribution >= 0.6 is 11.3 Å². The minimum Gasteiger partial charge on any atom is -0.383 e. The number of nitrogens with zero attached hydrogens (tertiary/aromatic N) is 3.